The number of benzene rings is 2. The fraction of sp³-hybridized carbons (Fsp3) is 0.400. The lowest BCUT2D eigenvalue weighted by molar-refractivity contribution is -0.143. The van der Waals surface area contributed by atoms with Crippen LogP contribution in [0.25, 0.3) is 11.1 Å². The Bertz CT molecular complexity index is 972. The third-order valence-electron chi connectivity index (χ3n) is 6.16. The van der Waals surface area contributed by atoms with E-state index in [2.05, 4.69) is 29.6 Å². The van der Waals surface area contributed by atoms with Gasteiger partial charge in [-0.05, 0) is 34.6 Å². The van der Waals surface area contributed by atoms with E-state index in [0.29, 0.717) is 19.5 Å². The number of likely N-dealkylation sites (tertiary alicyclic amines) is 1. The van der Waals surface area contributed by atoms with Crippen molar-refractivity contribution >= 4 is 18.0 Å². The summed E-state index contributed by atoms with van der Waals surface area (Å²) in [5.74, 6) is -0.678. The minimum atomic E-state index is -0.813. The number of hydrogen-bond donors (Lipinski definition) is 2. The number of nitrogens with zero attached hydrogens (tertiary/aromatic N) is 1. The van der Waals surface area contributed by atoms with Crippen LogP contribution in [0, 0.1) is 5.92 Å². The van der Waals surface area contributed by atoms with Crippen molar-refractivity contribution in [2.24, 2.45) is 5.92 Å². The van der Waals surface area contributed by atoms with Gasteiger partial charge in [-0.25, -0.2) is 4.79 Å². The van der Waals surface area contributed by atoms with Gasteiger partial charge in [0.25, 0.3) is 0 Å². The molecule has 0 radical (unpaired) electrons. The van der Waals surface area contributed by atoms with Crippen molar-refractivity contribution in [3.8, 4) is 11.1 Å². The predicted octanol–water partition coefficient (Wildman–Crippen LogP) is 2.86. The summed E-state index contributed by atoms with van der Waals surface area (Å²) in [7, 11) is 0. The number of carboxylic acid groups (broad SMARTS) is 1. The highest BCUT2D eigenvalue weighted by Crippen LogP contribution is 2.44. The van der Waals surface area contributed by atoms with Gasteiger partial charge >= 0.3 is 12.1 Å². The van der Waals surface area contributed by atoms with E-state index < -0.39 is 12.1 Å². The fourth-order valence-electron chi connectivity index (χ4n) is 4.41. The minimum absolute atomic E-state index is 0.00729. The van der Waals surface area contributed by atoms with Crippen molar-refractivity contribution in [1.82, 2.24) is 10.2 Å². The molecule has 2 aliphatic rings. The Balaban J connectivity index is 1.12. The Morgan fingerprint density at radius 3 is 2.27 bits per heavy atom. The zero-order valence-corrected chi connectivity index (χ0v) is 18.4. The summed E-state index contributed by atoms with van der Waals surface area (Å²) in [4.78, 5) is 36.4. The SMILES string of the molecule is O=C(O)CCC1CN(C(=O)COCCNC(=O)OCC2c3ccccc3-c3ccccc32)C1. The van der Waals surface area contributed by atoms with Crippen LogP contribution in [-0.4, -0.2) is 67.4 Å². The van der Waals surface area contributed by atoms with E-state index in [1.807, 2.05) is 24.3 Å². The molecule has 0 aromatic heterocycles. The summed E-state index contributed by atoms with van der Waals surface area (Å²) in [5, 5.41) is 11.3. The van der Waals surface area contributed by atoms with Gasteiger partial charge in [-0.2, -0.15) is 0 Å². The van der Waals surface area contributed by atoms with Gasteiger partial charge in [0.15, 0.2) is 0 Å². The number of carbonyl (C=O) groups is 3. The summed E-state index contributed by atoms with van der Waals surface area (Å²) in [6, 6.07) is 16.3. The largest absolute Gasteiger partial charge is 0.481 e. The average Bonchev–Trinajstić information content (AvgIpc) is 3.10. The van der Waals surface area contributed by atoms with E-state index in [0.717, 1.165) is 11.1 Å². The molecule has 1 saturated heterocycles. The van der Waals surface area contributed by atoms with E-state index in [9.17, 15) is 14.4 Å². The topological polar surface area (TPSA) is 105 Å². The molecule has 0 atom stereocenters. The first-order valence-corrected chi connectivity index (χ1v) is 11.2. The average molecular weight is 453 g/mol. The second kappa shape index (κ2) is 10.5. The maximum Gasteiger partial charge on any atom is 0.407 e. The Labute approximate surface area is 192 Å². The standard InChI is InChI=1S/C25H28N2O6/c28-23(27-13-17(14-27)9-10-24(29)30)16-32-12-11-26-25(31)33-15-22-20-7-3-1-5-18(20)19-6-2-4-8-21(19)22/h1-8,17,22H,9-16H2,(H,26,31)(H,29,30). The first kappa shape index (κ1) is 22.8. The molecule has 8 nitrogen and oxygen atoms in total. The molecule has 4 rings (SSSR count). The highest BCUT2D eigenvalue weighted by Gasteiger charge is 2.31. The molecule has 1 fully saturated rings. The number of fused-ring (bicyclic) bond motifs is 3. The molecule has 1 heterocycles. The second-order valence-corrected chi connectivity index (χ2v) is 8.40. The van der Waals surface area contributed by atoms with Gasteiger partial charge in [0.2, 0.25) is 5.91 Å². The minimum Gasteiger partial charge on any atom is -0.481 e. The number of carbonyl (C=O) groups excluding carboxylic acids is 2. The molecule has 33 heavy (non-hydrogen) atoms. The molecule has 0 bridgehead atoms. The Kier molecular flexibility index (Phi) is 7.24. The lowest BCUT2D eigenvalue weighted by Crippen LogP contribution is -2.51. The van der Waals surface area contributed by atoms with Gasteiger partial charge in [0.1, 0.15) is 13.2 Å². The van der Waals surface area contributed by atoms with E-state index >= 15 is 0 Å². The van der Waals surface area contributed by atoms with Gasteiger partial charge in [-0.15, -0.1) is 0 Å². The van der Waals surface area contributed by atoms with Crippen LogP contribution in [0.4, 0.5) is 4.79 Å². The zero-order chi connectivity index (χ0) is 23.2. The normalized spacial score (nSPS) is 14.8. The zero-order valence-electron chi connectivity index (χ0n) is 18.4. The van der Waals surface area contributed by atoms with Crippen molar-refractivity contribution in [2.45, 2.75) is 18.8 Å². The second-order valence-electron chi connectivity index (χ2n) is 8.40. The van der Waals surface area contributed by atoms with Gasteiger partial charge in [0.05, 0.1) is 6.61 Å². The fourth-order valence-corrected chi connectivity index (χ4v) is 4.41. The molecule has 2 aromatic carbocycles. The first-order valence-electron chi connectivity index (χ1n) is 11.2. The number of aliphatic carboxylic acids is 1. The van der Waals surface area contributed by atoms with Gasteiger partial charge in [-0.3, -0.25) is 9.59 Å². The van der Waals surface area contributed by atoms with E-state index in [-0.39, 0.29) is 50.5 Å². The van der Waals surface area contributed by atoms with E-state index in [4.69, 9.17) is 14.6 Å². The first-order chi connectivity index (χ1) is 16.0. The van der Waals surface area contributed by atoms with E-state index in [1.165, 1.54) is 11.1 Å². The molecule has 1 aliphatic carbocycles. The quantitative estimate of drug-likeness (QED) is 0.537. The number of ether oxygens (including phenoxy) is 2. The number of rotatable bonds is 10. The van der Waals surface area contributed by atoms with Crippen molar-refractivity contribution in [2.75, 3.05) is 39.5 Å². The number of carboxylic acids is 1. The van der Waals surface area contributed by atoms with Gasteiger partial charge in [0, 0.05) is 32.0 Å². The van der Waals surface area contributed by atoms with Crippen molar-refractivity contribution < 1.29 is 29.0 Å². The molecule has 0 saturated carbocycles. The summed E-state index contributed by atoms with van der Waals surface area (Å²) in [5.41, 5.74) is 4.67. The summed E-state index contributed by atoms with van der Waals surface area (Å²) < 4.78 is 10.8. The number of hydrogen-bond acceptors (Lipinski definition) is 5. The smallest absolute Gasteiger partial charge is 0.407 e. The molecule has 174 valence electrons. The van der Waals surface area contributed by atoms with Crippen LogP contribution in [0.5, 0.6) is 0 Å². The van der Waals surface area contributed by atoms with Crippen molar-refractivity contribution in [3.05, 3.63) is 59.7 Å². The van der Waals surface area contributed by atoms with Crippen LogP contribution >= 0.6 is 0 Å². The van der Waals surface area contributed by atoms with Crippen LogP contribution in [-0.2, 0) is 19.1 Å². The molecule has 2 aromatic rings. The maximum absolute atomic E-state index is 12.1. The molecule has 0 unspecified atom stereocenters. The third-order valence-corrected chi connectivity index (χ3v) is 6.16. The third kappa shape index (κ3) is 5.51. The number of alkyl carbamates (subject to hydrolysis) is 1. The van der Waals surface area contributed by atoms with E-state index in [1.54, 1.807) is 4.90 Å². The monoisotopic (exact) mass is 452 g/mol. The predicted molar refractivity (Wildman–Crippen MR) is 121 cm³/mol. The van der Waals surface area contributed by atoms with Crippen LogP contribution in [0.15, 0.2) is 48.5 Å². The Morgan fingerprint density at radius 2 is 1.64 bits per heavy atom. The van der Waals surface area contributed by atoms with Crippen LogP contribution in [0.2, 0.25) is 0 Å². The summed E-state index contributed by atoms with van der Waals surface area (Å²) in [6.07, 6.45) is 0.199. The van der Waals surface area contributed by atoms with Crippen LogP contribution < -0.4 is 5.32 Å². The van der Waals surface area contributed by atoms with Crippen LogP contribution in [0.1, 0.15) is 29.9 Å². The van der Waals surface area contributed by atoms with Crippen molar-refractivity contribution in [1.29, 1.82) is 0 Å². The molecular formula is C25H28N2O6. The molecule has 2 N–H and O–H groups in total. The number of amides is 2. The Morgan fingerprint density at radius 1 is 1.00 bits per heavy atom. The van der Waals surface area contributed by atoms with Crippen LogP contribution in [0.3, 0.4) is 0 Å². The van der Waals surface area contributed by atoms with Gasteiger partial charge in [-0.1, -0.05) is 48.5 Å². The maximum atomic E-state index is 12.1. The van der Waals surface area contributed by atoms with Gasteiger partial charge < -0.3 is 24.8 Å². The highest BCUT2D eigenvalue weighted by molar-refractivity contribution is 5.79. The molecule has 0 spiro atoms. The molecule has 8 heteroatoms. The number of nitrogens with one attached hydrogen (secondary N) is 1. The molecular weight excluding hydrogens is 424 g/mol. The summed E-state index contributed by atoms with van der Waals surface area (Å²) in [6.45, 7) is 1.79. The molecule has 2 amide bonds. The van der Waals surface area contributed by atoms with Crippen molar-refractivity contribution in [3.63, 3.8) is 0 Å². The lowest BCUT2D eigenvalue weighted by atomic mass is 9.95. The Hall–Kier alpha value is -3.39. The highest BCUT2D eigenvalue weighted by atomic mass is 16.5. The summed E-state index contributed by atoms with van der Waals surface area (Å²) >= 11 is 0. The molecule has 1 aliphatic heterocycles. The lowest BCUT2D eigenvalue weighted by Gasteiger charge is -2.39.